The van der Waals surface area contributed by atoms with Gasteiger partial charge in [-0.05, 0) is 11.5 Å². The summed E-state index contributed by atoms with van der Waals surface area (Å²) in [5.41, 5.74) is 5.20. The van der Waals surface area contributed by atoms with Crippen LogP contribution in [0.15, 0.2) is 5.03 Å². The first-order valence-electron chi connectivity index (χ1n) is 4.67. The third-order valence-corrected chi connectivity index (χ3v) is 3.97. The predicted octanol–water partition coefficient (Wildman–Crippen LogP) is 0.121. The van der Waals surface area contributed by atoms with Crippen molar-refractivity contribution in [2.75, 3.05) is 18.1 Å². The van der Waals surface area contributed by atoms with Gasteiger partial charge < -0.3 is 11.1 Å². The van der Waals surface area contributed by atoms with E-state index in [2.05, 4.69) is 15.0 Å². The molecule has 1 aromatic rings. The van der Waals surface area contributed by atoms with Gasteiger partial charge in [-0.25, -0.2) is 4.79 Å². The Labute approximate surface area is 104 Å². The van der Waals surface area contributed by atoms with Gasteiger partial charge in [-0.15, -0.1) is 0 Å². The summed E-state index contributed by atoms with van der Waals surface area (Å²) >= 11 is 0.876. The SMILES string of the molecule is CCS(=O)c1nsc(NC(=O)NC)c1C(N)=O. The maximum Gasteiger partial charge on any atom is 0.319 e. The lowest BCUT2D eigenvalue weighted by atomic mass is 10.3. The van der Waals surface area contributed by atoms with E-state index in [-0.39, 0.29) is 15.6 Å². The maximum atomic E-state index is 11.6. The van der Waals surface area contributed by atoms with Crippen LogP contribution in [0.4, 0.5) is 9.80 Å². The fraction of sp³-hybridized carbons (Fsp3) is 0.375. The molecule has 0 aliphatic carbocycles. The zero-order valence-electron chi connectivity index (χ0n) is 9.27. The van der Waals surface area contributed by atoms with Crippen molar-refractivity contribution in [3.05, 3.63) is 5.56 Å². The maximum absolute atomic E-state index is 11.6. The highest BCUT2D eigenvalue weighted by molar-refractivity contribution is 7.85. The molecule has 0 aromatic carbocycles. The highest BCUT2D eigenvalue weighted by Gasteiger charge is 2.23. The third-order valence-electron chi connectivity index (χ3n) is 1.84. The normalized spacial score (nSPS) is 11.9. The number of anilines is 1. The van der Waals surface area contributed by atoms with Crippen LogP contribution in [0.5, 0.6) is 0 Å². The summed E-state index contributed by atoms with van der Waals surface area (Å²) in [6, 6.07) is -0.495. The second kappa shape index (κ2) is 5.73. The van der Waals surface area contributed by atoms with Crippen molar-refractivity contribution in [2.24, 2.45) is 5.73 Å². The highest BCUT2D eigenvalue weighted by atomic mass is 32.2. The third kappa shape index (κ3) is 3.01. The molecule has 0 aliphatic heterocycles. The van der Waals surface area contributed by atoms with E-state index in [1.54, 1.807) is 6.92 Å². The summed E-state index contributed by atoms with van der Waals surface area (Å²) in [6.07, 6.45) is 0. The average molecular weight is 276 g/mol. The molecule has 0 aliphatic rings. The number of amides is 3. The minimum Gasteiger partial charge on any atom is -0.365 e. The molecule has 4 N–H and O–H groups in total. The number of carbonyl (C=O) groups excluding carboxylic acids is 2. The fourth-order valence-corrected chi connectivity index (χ4v) is 2.94. The Kier molecular flexibility index (Phi) is 4.58. The van der Waals surface area contributed by atoms with Crippen LogP contribution in [-0.2, 0) is 10.8 Å². The van der Waals surface area contributed by atoms with Crippen LogP contribution < -0.4 is 16.4 Å². The Morgan fingerprint density at radius 3 is 2.65 bits per heavy atom. The van der Waals surface area contributed by atoms with Gasteiger partial charge in [0.2, 0.25) is 0 Å². The van der Waals surface area contributed by atoms with Crippen molar-refractivity contribution in [3.63, 3.8) is 0 Å². The first kappa shape index (κ1) is 13.6. The molecular weight excluding hydrogens is 264 g/mol. The Balaban J connectivity index is 3.15. The standard InChI is InChI=1S/C8H12N4O3S2/c1-3-17(15)7-4(5(9)13)6(16-12-7)11-8(14)10-2/h3H2,1-2H3,(H2,9,13)(H2,10,11,14). The molecule has 0 saturated heterocycles. The van der Waals surface area contributed by atoms with Crippen molar-refractivity contribution in [2.45, 2.75) is 11.9 Å². The van der Waals surface area contributed by atoms with Crippen LogP contribution in [0, 0.1) is 0 Å². The van der Waals surface area contributed by atoms with Gasteiger partial charge in [-0.1, -0.05) is 6.92 Å². The number of primary amides is 1. The fourth-order valence-electron chi connectivity index (χ4n) is 1.04. The van der Waals surface area contributed by atoms with E-state index >= 15 is 0 Å². The lowest BCUT2D eigenvalue weighted by Gasteiger charge is -2.03. The molecule has 94 valence electrons. The second-order valence-electron chi connectivity index (χ2n) is 2.89. The molecule has 1 rings (SSSR count). The molecule has 3 amide bonds. The van der Waals surface area contributed by atoms with Crippen LogP contribution in [-0.4, -0.2) is 33.3 Å². The number of rotatable bonds is 4. The average Bonchev–Trinajstić information content (AvgIpc) is 2.71. The van der Waals surface area contributed by atoms with Crippen molar-refractivity contribution >= 4 is 39.3 Å². The molecule has 0 bridgehead atoms. The first-order valence-corrected chi connectivity index (χ1v) is 6.77. The molecule has 1 atom stereocenters. The van der Waals surface area contributed by atoms with Gasteiger partial charge in [0.25, 0.3) is 5.91 Å². The van der Waals surface area contributed by atoms with Crippen LogP contribution in [0.1, 0.15) is 17.3 Å². The second-order valence-corrected chi connectivity index (χ2v) is 5.32. The van der Waals surface area contributed by atoms with Crippen LogP contribution in [0.2, 0.25) is 0 Å². The Morgan fingerprint density at radius 2 is 2.18 bits per heavy atom. The van der Waals surface area contributed by atoms with Gasteiger partial charge in [0.05, 0.1) is 10.8 Å². The molecule has 1 aromatic heterocycles. The molecule has 1 heterocycles. The Bertz CT molecular complexity index is 471. The minimum absolute atomic E-state index is 0.0128. The largest absolute Gasteiger partial charge is 0.365 e. The number of hydrogen-bond donors (Lipinski definition) is 3. The number of nitrogens with zero attached hydrogens (tertiary/aromatic N) is 1. The van der Waals surface area contributed by atoms with Crippen molar-refractivity contribution in [1.82, 2.24) is 9.69 Å². The van der Waals surface area contributed by atoms with Crippen molar-refractivity contribution in [1.29, 1.82) is 0 Å². The van der Waals surface area contributed by atoms with E-state index in [1.807, 2.05) is 0 Å². The predicted molar refractivity (Wildman–Crippen MR) is 65.7 cm³/mol. The molecular formula is C8H12N4O3S2. The van der Waals surface area contributed by atoms with E-state index in [1.165, 1.54) is 7.05 Å². The van der Waals surface area contributed by atoms with E-state index in [0.717, 1.165) is 11.5 Å². The summed E-state index contributed by atoms with van der Waals surface area (Å²) in [4.78, 5) is 22.4. The highest BCUT2D eigenvalue weighted by Crippen LogP contribution is 2.26. The summed E-state index contributed by atoms with van der Waals surface area (Å²) in [5.74, 6) is -0.439. The van der Waals surface area contributed by atoms with Gasteiger partial charge in [0.15, 0.2) is 5.03 Å². The molecule has 1 unspecified atom stereocenters. The Morgan fingerprint density at radius 1 is 1.53 bits per heavy atom. The van der Waals surface area contributed by atoms with Gasteiger partial charge >= 0.3 is 6.03 Å². The van der Waals surface area contributed by atoms with Gasteiger partial charge in [-0.2, -0.15) is 4.37 Å². The summed E-state index contributed by atoms with van der Waals surface area (Å²) < 4.78 is 15.5. The topological polar surface area (TPSA) is 114 Å². The first-order chi connectivity index (χ1) is 8.01. The molecule has 17 heavy (non-hydrogen) atoms. The Hall–Kier alpha value is -1.48. The van der Waals surface area contributed by atoms with E-state index < -0.39 is 22.7 Å². The minimum atomic E-state index is -1.39. The smallest absolute Gasteiger partial charge is 0.319 e. The van der Waals surface area contributed by atoms with Crippen LogP contribution in [0.3, 0.4) is 0 Å². The van der Waals surface area contributed by atoms with Gasteiger partial charge in [0, 0.05) is 12.8 Å². The number of nitrogens with one attached hydrogen (secondary N) is 2. The molecule has 9 heteroatoms. The lowest BCUT2D eigenvalue weighted by molar-refractivity contribution is 0.0998. The molecule has 0 spiro atoms. The van der Waals surface area contributed by atoms with Gasteiger partial charge in [-0.3, -0.25) is 14.3 Å². The quantitative estimate of drug-likeness (QED) is 0.724. The number of hydrogen-bond acceptors (Lipinski definition) is 5. The van der Waals surface area contributed by atoms with Crippen LogP contribution in [0.25, 0.3) is 0 Å². The zero-order chi connectivity index (χ0) is 13.0. The summed E-state index contributed by atoms with van der Waals surface area (Å²) in [6.45, 7) is 1.70. The van der Waals surface area contributed by atoms with E-state index in [0.29, 0.717) is 5.75 Å². The van der Waals surface area contributed by atoms with E-state index in [4.69, 9.17) is 5.73 Å². The summed E-state index contributed by atoms with van der Waals surface area (Å²) in [5, 5.41) is 5.07. The molecule has 0 saturated carbocycles. The monoisotopic (exact) mass is 276 g/mol. The van der Waals surface area contributed by atoms with Gasteiger partial charge in [0.1, 0.15) is 10.6 Å². The van der Waals surface area contributed by atoms with E-state index in [9.17, 15) is 13.8 Å². The summed E-state index contributed by atoms with van der Waals surface area (Å²) in [7, 11) is 0.0442. The number of nitrogens with two attached hydrogens (primary N) is 1. The number of carbonyl (C=O) groups is 2. The lowest BCUT2D eigenvalue weighted by Crippen LogP contribution is -2.25. The zero-order valence-corrected chi connectivity index (χ0v) is 10.9. The van der Waals surface area contributed by atoms with Crippen LogP contribution >= 0.6 is 11.5 Å². The molecule has 7 nitrogen and oxygen atoms in total. The number of urea groups is 1. The van der Waals surface area contributed by atoms with Crippen molar-refractivity contribution in [3.8, 4) is 0 Å². The van der Waals surface area contributed by atoms with Crippen molar-refractivity contribution < 1.29 is 13.8 Å². The molecule has 0 radical (unpaired) electrons. The number of aromatic nitrogens is 1. The molecule has 0 fully saturated rings.